The standard InChI is InChI=1S/C22H23F3IN3O4/c1-21(2,3)19(28-20(31)32)22(33)9-29(10-22)18(30)12-5-6-13(23)16(25)17(12)27-15-7-4-11(26)8-14(15)24/h4-8,19,27-28,33H,9-10H2,1-3H3,(H,31,32). The van der Waals surface area contributed by atoms with Crippen LogP contribution in [0.25, 0.3) is 0 Å². The summed E-state index contributed by atoms with van der Waals surface area (Å²) in [5, 5.41) is 24.9. The number of halogens is 4. The van der Waals surface area contributed by atoms with E-state index < -0.39 is 52.2 Å². The average molecular weight is 577 g/mol. The zero-order chi connectivity index (χ0) is 24.7. The second kappa shape index (κ2) is 9.01. The molecule has 1 aliphatic rings. The highest BCUT2D eigenvalue weighted by Crippen LogP contribution is 2.37. The normalized spacial score (nSPS) is 16.1. The van der Waals surface area contributed by atoms with E-state index in [1.807, 2.05) is 22.6 Å². The molecule has 33 heavy (non-hydrogen) atoms. The van der Waals surface area contributed by atoms with E-state index in [4.69, 9.17) is 5.11 Å². The van der Waals surface area contributed by atoms with Gasteiger partial charge in [-0.15, -0.1) is 0 Å². The fourth-order valence-electron chi connectivity index (χ4n) is 3.97. The summed E-state index contributed by atoms with van der Waals surface area (Å²) in [4.78, 5) is 25.5. The molecule has 1 saturated heterocycles. The molecule has 1 atom stereocenters. The number of carbonyl (C=O) groups excluding carboxylic acids is 1. The summed E-state index contributed by atoms with van der Waals surface area (Å²) in [5.41, 5.74) is -3.16. The van der Waals surface area contributed by atoms with Crippen molar-refractivity contribution >= 4 is 46.0 Å². The van der Waals surface area contributed by atoms with Gasteiger partial charge in [-0.25, -0.2) is 18.0 Å². The zero-order valence-corrected chi connectivity index (χ0v) is 20.2. The van der Waals surface area contributed by atoms with Crippen molar-refractivity contribution in [3.8, 4) is 0 Å². The fourth-order valence-corrected chi connectivity index (χ4v) is 4.42. The van der Waals surface area contributed by atoms with E-state index in [9.17, 15) is 27.9 Å². The first kappa shape index (κ1) is 25.1. The Balaban J connectivity index is 1.88. The monoisotopic (exact) mass is 577 g/mol. The van der Waals surface area contributed by atoms with Crippen molar-refractivity contribution in [2.75, 3.05) is 18.4 Å². The number of hydrogen-bond donors (Lipinski definition) is 4. The van der Waals surface area contributed by atoms with Gasteiger partial charge < -0.3 is 25.7 Å². The van der Waals surface area contributed by atoms with Crippen LogP contribution < -0.4 is 10.6 Å². The summed E-state index contributed by atoms with van der Waals surface area (Å²) in [5.74, 6) is -4.02. The van der Waals surface area contributed by atoms with Crippen molar-refractivity contribution in [2.24, 2.45) is 5.41 Å². The number of carbonyl (C=O) groups is 2. The summed E-state index contributed by atoms with van der Waals surface area (Å²) in [6.45, 7) is 4.75. The molecule has 0 radical (unpaired) electrons. The molecule has 0 saturated carbocycles. The average Bonchev–Trinajstić information content (AvgIpc) is 2.67. The number of nitrogens with zero attached hydrogens (tertiary/aromatic N) is 1. The Labute approximate surface area is 202 Å². The van der Waals surface area contributed by atoms with Crippen LogP contribution in [0.2, 0.25) is 0 Å². The van der Waals surface area contributed by atoms with Crippen LogP contribution in [0.5, 0.6) is 0 Å². The molecule has 1 fully saturated rings. The smallest absolute Gasteiger partial charge is 0.405 e. The molecule has 11 heteroatoms. The number of aliphatic hydroxyl groups is 1. The SMILES string of the molecule is CC(C)(C)C(NC(=O)O)C1(O)CN(C(=O)c2ccc(F)c(F)c2Nc2ccc(I)cc2F)C1. The molecule has 1 unspecified atom stereocenters. The lowest BCUT2D eigenvalue weighted by Gasteiger charge is -2.53. The molecule has 2 aromatic rings. The van der Waals surface area contributed by atoms with Crippen LogP contribution in [0, 0.1) is 26.4 Å². The van der Waals surface area contributed by atoms with Gasteiger partial charge in [0.25, 0.3) is 5.91 Å². The van der Waals surface area contributed by atoms with Gasteiger partial charge in [0, 0.05) is 3.57 Å². The lowest BCUT2D eigenvalue weighted by atomic mass is 9.72. The molecule has 1 heterocycles. The topological polar surface area (TPSA) is 102 Å². The van der Waals surface area contributed by atoms with Crippen LogP contribution in [0.15, 0.2) is 30.3 Å². The number of hydrogen-bond acceptors (Lipinski definition) is 4. The molecule has 7 nitrogen and oxygen atoms in total. The van der Waals surface area contributed by atoms with E-state index in [1.165, 1.54) is 17.0 Å². The minimum absolute atomic E-state index is 0.146. The van der Waals surface area contributed by atoms with Crippen molar-refractivity contribution < 1.29 is 33.0 Å². The van der Waals surface area contributed by atoms with Gasteiger partial charge in [0.05, 0.1) is 36.1 Å². The molecular formula is C22H23F3IN3O4. The van der Waals surface area contributed by atoms with Gasteiger partial charge in [-0.1, -0.05) is 20.8 Å². The Hall–Kier alpha value is -2.54. The Morgan fingerprint density at radius 3 is 2.30 bits per heavy atom. The van der Waals surface area contributed by atoms with Gasteiger partial charge in [0.1, 0.15) is 11.4 Å². The van der Waals surface area contributed by atoms with Gasteiger partial charge in [-0.3, -0.25) is 4.79 Å². The van der Waals surface area contributed by atoms with Gasteiger partial charge >= 0.3 is 6.09 Å². The second-order valence-electron chi connectivity index (χ2n) is 9.05. The van der Waals surface area contributed by atoms with Crippen LogP contribution in [-0.4, -0.2) is 51.8 Å². The quantitative estimate of drug-likeness (QED) is 0.397. The summed E-state index contributed by atoms with van der Waals surface area (Å²) in [7, 11) is 0. The predicted octanol–water partition coefficient (Wildman–Crippen LogP) is 4.32. The summed E-state index contributed by atoms with van der Waals surface area (Å²) in [6, 6.07) is 5.05. The Morgan fingerprint density at radius 1 is 1.12 bits per heavy atom. The number of carboxylic acid groups (broad SMARTS) is 1. The Kier molecular flexibility index (Phi) is 6.85. The van der Waals surface area contributed by atoms with Gasteiger partial charge in [0.2, 0.25) is 0 Å². The third kappa shape index (κ3) is 5.18. The number of anilines is 2. The third-order valence-corrected chi connectivity index (χ3v) is 6.07. The molecule has 0 spiro atoms. The van der Waals surface area contributed by atoms with Crippen molar-refractivity contribution in [3.05, 3.63) is 56.9 Å². The molecule has 4 N–H and O–H groups in total. The van der Waals surface area contributed by atoms with Crippen molar-refractivity contribution in [3.63, 3.8) is 0 Å². The minimum Gasteiger partial charge on any atom is -0.465 e. The first-order valence-electron chi connectivity index (χ1n) is 9.94. The van der Waals surface area contributed by atoms with Gasteiger partial charge in [-0.05, 0) is 58.3 Å². The molecule has 178 valence electrons. The molecule has 0 aliphatic carbocycles. The first-order valence-corrected chi connectivity index (χ1v) is 11.0. The van der Waals surface area contributed by atoms with E-state index in [-0.39, 0.29) is 24.3 Å². The van der Waals surface area contributed by atoms with Crippen LogP contribution >= 0.6 is 22.6 Å². The maximum atomic E-state index is 14.6. The predicted molar refractivity (Wildman–Crippen MR) is 124 cm³/mol. The van der Waals surface area contributed by atoms with Crippen LogP contribution in [0.4, 0.5) is 29.3 Å². The second-order valence-corrected chi connectivity index (χ2v) is 10.3. The van der Waals surface area contributed by atoms with E-state index >= 15 is 0 Å². The zero-order valence-electron chi connectivity index (χ0n) is 18.0. The summed E-state index contributed by atoms with van der Waals surface area (Å²) in [6.07, 6.45) is -1.32. The highest BCUT2D eigenvalue weighted by molar-refractivity contribution is 14.1. The molecule has 0 bridgehead atoms. The maximum Gasteiger partial charge on any atom is 0.405 e. The number of amides is 2. The third-order valence-electron chi connectivity index (χ3n) is 5.40. The van der Waals surface area contributed by atoms with Crippen LogP contribution in [0.3, 0.4) is 0 Å². The Bertz CT molecular complexity index is 1100. The van der Waals surface area contributed by atoms with Crippen molar-refractivity contribution in [2.45, 2.75) is 32.4 Å². The van der Waals surface area contributed by atoms with E-state index in [1.54, 1.807) is 26.8 Å². The van der Waals surface area contributed by atoms with Crippen molar-refractivity contribution in [1.29, 1.82) is 0 Å². The van der Waals surface area contributed by atoms with E-state index in [2.05, 4.69) is 10.6 Å². The minimum atomic E-state index is -1.55. The van der Waals surface area contributed by atoms with E-state index in [0.717, 1.165) is 12.1 Å². The largest absolute Gasteiger partial charge is 0.465 e. The lowest BCUT2D eigenvalue weighted by Crippen LogP contribution is -2.74. The summed E-state index contributed by atoms with van der Waals surface area (Å²) < 4.78 is 43.4. The first-order chi connectivity index (χ1) is 15.2. The van der Waals surface area contributed by atoms with Crippen LogP contribution in [0.1, 0.15) is 31.1 Å². The number of β-amino-alcohol motifs (C(OH)–C–C–N with tert-alkyl or cyclic N) is 1. The lowest BCUT2D eigenvalue weighted by molar-refractivity contribution is -0.123. The highest BCUT2D eigenvalue weighted by atomic mass is 127. The maximum absolute atomic E-state index is 14.6. The van der Waals surface area contributed by atoms with Gasteiger partial charge in [-0.2, -0.15) is 0 Å². The number of likely N-dealkylation sites (tertiary alicyclic amines) is 1. The number of benzene rings is 2. The molecule has 0 aromatic heterocycles. The van der Waals surface area contributed by atoms with Crippen LogP contribution in [-0.2, 0) is 0 Å². The Morgan fingerprint density at radius 2 is 1.76 bits per heavy atom. The fraction of sp³-hybridized carbons (Fsp3) is 0.364. The number of rotatable bonds is 5. The molecule has 1 aliphatic heterocycles. The molecular weight excluding hydrogens is 554 g/mol. The highest BCUT2D eigenvalue weighted by Gasteiger charge is 2.54. The van der Waals surface area contributed by atoms with Crippen molar-refractivity contribution in [1.82, 2.24) is 10.2 Å². The number of nitrogens with one attached hydrogen (secondary N) is 2. The molecule has 2 aromatic carbocycles. The van der Waals surface area contributed by atoms with Gasteiger partial charge in [0.15, 0.2) is 11.6 Å². The molecule has 3 rings (SSSR count). The summed E-state index contributed by atoms with van der Waals surface area (Å²) >= 11 is 1.90. The van der Waals surface area contributed by atoms with E-state index in [0.29, 0.717) is 3.57 Å². The molecule has 2 amide bonds.